The molecule has 0 aliphatic carbocycles. The van der Waals surface area contributed by atoms with Crippen molar-refractivity contribution in [3.63, 3.8) is 0 Å². The van der Waals surface area contributed by atoms with Gasteiger partial charge in [0.25, 0.3) is 0 Å². The highest BCUT2D eigenvalue weighted by Gasteiger charge is 2.42. The SMILES string of the molecule is Cc1ccsc1-c1ccc([C@H](C)NC(=O)[C@@H]2C[C@@H](O)CN2C(=O)[C@@H](N)C(C)(C)C)cc1. The second-order valence-electron chi connectivity index (χ2n) is 9.52. The molecular formula is C24H33N3O3S. The molecule has 1 aromatic carbocycles. The molecule has 0 bridgehead atoms. The number of nitrogens with one attached hydrogen (secondary N) is 1. The van der Waals surface area contributed by atoms with Crippen LogP contribution < -0.4 is 11.1 Å². The summed E-state index contributed by atoms with van der Waals surface area (Å²) < 4.78 is 0. The Morgan fingerprint density at radius 3 is 2.42 bits per heavy atom. The van der Waals surface area contributed by atoms with Crippen LogP contribution in [0.1, 0.15) is 51.3 Å². The van der Waals surface area contributed by atoms with E-state index in [0.717, 1.165) is 11.1 Å². The molecule has 0 spiro atoms. The van der Waals surface area contributed by atoms with E-state index in [-0.39, 0.29) is 30.8 Å². The summed E-state index contributed by atoms with van der Waals surface area (Å²) in [7, 11) is 0. The van der Waals surface area contributed by atoms with Gasteiger partial charge in [-0.05, 0) is 47.4 Å². The zero-order chi connectivity index (χ0) is 22.9. The van der Waals surface area contributed by atoms with Gasteiger partial charge in [-0.2, -0.15) is 0 Å². The van der Waals surface area contributed by atoms with Crippen molar-refractivity contribution in [2.24, 2.45) is 11.1 Å². The number of nitrogens with zero attached hydrogens (tertiary/aromatic N) is 1. The highest BCUT2D eigenvalue weighted by atomic mass is 32.1. The molecule has 7 heteroatoms. The van der Waals surface area contributed by atoms with E-state index in [1.165, 1.54) is 15.3 Å². The number of rotatable bonds is 5. The number of benzene rings is 1. The van der Waals surface area contributed by atoms with Crippen LogP contribution in [-0.4, -0.2) is 46.6 Å². The number of thiophene rings is 1. The second kappa shape index (κ2) is 9.10. The topological polar surface area (TPSA) is 95.7 Å². The number of hydrogen-bond donors (Lipinski definition) is 3. The lowest BCUT2D eigenvalue weighted by Gasteiger charge is -2.32. The van der Waals surface area contributed by atoms with Crippen LogP contribution in [-0.2, 0) is 9.59 Å². The summed E-state index contributed by atoms with van der Waals surface area (Å²) in [6, 6.07) is 8.58. The van der Waals surface area contributed by atoms with E-state index in [2.05, 4.69) is 35.8 Å². The first kappa shape index (κ1) is 23.4. The van der Waals surface area contributed by atoms with Crippen molar-refractivity contribution < 1.29 is 14.7 Å². The van der Waals surface area contributed by atoms with Gasteiger partial charge in [-0.1, -0.05) is 45.0 Å². The van der Waals surface area contributed by atoms with Crippen LogP contribution in [0.5, 0.6) is 0 Å². The third-order valence-corrected chi connectivity index (χ3v) is 7.02. The molecule has 1 aromatic heterocycles. The number of amides is 2. The molecule has 4 N–H and O–H groups in total. The van der Waals surface area contributed by atoms with E-state index < -0.39 is 23.6 Å². The van der Waals surface area contributed by atoms with Crippen LogP contribution in [0.3, 0.4) is 0 Å². The molecule has 0 unspecified atom stereocenters. The van der Waals surface area contributed by atoms with Crippen molar-refractivity contribution in [2.75, 3.05) is 6.54 Å². The Kier molecular flexibility index (Phi) is 6.88. The Morgan fingerprint density at radius 2 is 1.87 bits per heavy atom. The predicted octanol–water partition coefficient (Wildman–Crippen LogP) is 3.24. The summed E-state index contributed by atoms with van der Waals surface area (Å²) in [6.07, 6.45) is -0.506. The van der Waals surface area contributed by atoms with Gasteiger partial charge in [0, 0.05) is 17.8 Å². The molecule has 0 saturated carbocycles. The number of aryl methyl sites for hydroxylation is 1. The van der Waals surface area contributed by atoms with Crippen molar-refractivity contribution in [1.82, 2.24) is 10.2 Å². The van der Waals surface area contributed by atoms with Gasteiger partial charge in [-0.25, -0.2) is 0 Å². The molecule has 168 valence electrons. The van der Waals surface area contributed by atoms with Crippen molar-refractivity contribution >= 4 is 23.2 Å². The van der Waals surface area contributed by atoms with Gasteiger partial charge in [0.2, 0.25) is 11.8 Å². The lowest BCUT2D eigenvalue weighted by Crippen LogP contribution is -2.55. The zero-order valence-electron chi connectivity index (χ0n) is 18.9. The monoisotopic (exact) mass is 443 g/mol. The molecule has 1 saturated heterocycles. The fourth-order valence-electron chi connectivity index (χ4n) is 3.84. The molecule has 3 rings (SSSR count). The third kappa shape index (κ3) is 5.17. The summed E-state index contributed by atoms with van der Waals surface area (Å²) >= 11 is 1.71. The minimum atomic E-state index is -0.737. The highest BCUT2D eigenvalue weighted by molar-refractivity contribution is 7.13. The quantitative estimate of drug-likeness (QED) is 0.661. The summed E-state index contributed by atoms with van der Waals surface area (Å²) in [5.74, 6) is -0.566. The summed E-state index contributed by atoms with van der Waals surface area (Å²) in [5.41, 5.74) is 9.09. The molecule has 6 nitrogen and oxygen atoms in total. The summed E-state index contributed by atoms with van der Waals surface area (Å²) in [4.78, 5) is 28.6. The number of aliphatic hydroxyl groups excluding tert-OH is 1. The normalized spacial score (nSPS) is 21.1. The lowest BCUT2D eigenvalue weighted by molar-refractivity contribution is -0.141. The standard InChI is InChI=1S/C24H33N3O3S/c1-14-10-11-31-20(14)17-8-6-16(7-9-17)15(2)26-22(29)19-12-18(28)13-27(19)23(30)21(25)24(3,4)5/h6-11,15,18-19,21,28H,12-13,25H2,1-5H3,(H,26,29)/t15-,18+,19-,21+/m0/s1. The smallest absolute Gasteiger partial charge is 0.243 e. The maximum atomic E-state index is 13.0. The van der Waals surface area contributed by atoms with Crippen molar-refractivity contribution in [2.45, 2.75) is 65.3 Å². The first-order chi connectivity index (χ1) is 14.5. The van der Waals surface area contributed by atoms with Crippen molar-refractivity contribution in [1.29, 1.82) is 0 Å². The highest BCUT2D eigenvalue weighted by Crippen LogP contribution is 2.30. The Labute approximate surface area is 188 Å². The largest absolute Gasteiger partial charge is 0.391 e. The van der Waals surface area contributed by atoms with Crippen LogP contribution in [0.4, 0.5) is 0 Å². The number of hydrogen-bond acceptors (Lipinski definition) is 5. The number of carbonyl (C=O) groups is 2. The average Bonchev–Trinajstić information content (AvgIpc) is 3.31. The maximum absolute atomic E-state index is 13.0. The van der Waals surface area contributed by atoms with Crippen LogP contribution in [0.25, 0.3) is 10.4 Å². The molecule has 4 atom stereocenters. The fourth-order valence-corrected chi connectivity index (χ4v) is 4.77. The van der Waals surface area contributed by atoms with Gasteiger partial charge in [0.15, 0.2) is 0 Å². The molecule has 2 heterocycles. The lowest BCUT2D eigenvalue weighted by atomic mass is 9.86. The van der Waals surface area contributed by atoms with Gasteiger partial charge < -0.3 is 21.1 Å². The molecule has 1 aliphatic heterocycles. The Morgan fingerprint density at radius 1 is 1.23 bits per heavy atom. The van der Waals surface area contributed by atoms with Crippen molar-refractivity contribution in [3.05, 3.63) is 46.8 Å². The molecule has 2 aromatic rings. The Hall–Kier alpha value is -2.22. The molecule has 1 fully saturated rings. The predicted molar refractivity (Wildman–Crippen MR) is 125 cm³/mol. The van der Waals surface area contributed by atoms with E-state index in [1.807, 2.05) is 39.8 Å². The molecule has 31 heavy (non-hydrogen) atoms. The van der Waals surface area contributed by atoms with Crippen LogP contribution in [0.15, 0.2) is 35.7 Å². The molecular weight excluding hydrogens is 410 g/mol. The second-order valence-corrected chi connectivity index (χ2v) is 10.4. The number of likely N-dealkylation sites (tertiary alicyclic amines) is 1. The van der Waals surface area contributed by atoms with Gasteiger partial charge in [-0.15, -0.1) is 11.3 Å². The van der Waals surface area contributed by atoms with E-state index in [9.17, 15) is 14.7 Å². The van der Waals surface area contributed by atoms with Gasteiger partial charge >= 0.3 is 0 Å². The average molecular weight is 444 g/mol. The molecule has 2 amide bonds. The van der Waals surface area contributed by atoms with Gasteiger partial charge in [0.1, 0.15) is 6.04 Å². The Balaban J connectivity index is 1.69. The third-order valence-electron chi connectivity index (χ3n) is 5.96. The van der Waals surface area contributed by atoms with Crippen LogP contribution in [0, 0.1) is 12.3 Å². The van der Waals surface area contributed by atoms with E-state index in [4.69, 9.17) is 5.73 Å². The number of aliphatic hydroxyl groups is 1. The van der Waals surface area contributed by atoms with Crippen LogP contribution in [0.2, 0.25) is 0 Å². The molecule has 0 radical (unpaired) electrons. The van der Waals surface area contributed by atoms with E-state index in [0.29, 0.717) is 0 Å². The summed E-state index contributed by atoms with van der Waals surface area (Å²) in [5, 5.41) is 15.2. The fraction of sp³-hybridized carbons (Fsp3) is 0.500. The first-order valence-electron chi connectivity index (χ1n) is 10.7. The van der Waals surface area contributed by atoms with E-state index >= 15 is 0 Å². The minimum absolute atomic E-state index is 0.129. The maximum Gasteiger partial charge on any atom is 0.243 e. The van der Waals surface area contributed by atoms with Gasteiger partial charge in [0.05, 0.1) is 18.2 Å². The Bertz CT molecular complexity index is 932. The van der Waals surface area contributed by atoms with Crippen molar-refractivity contribution in [3.8, 4) is 10.4 Å². The zero-order valence-corrected chi connectivity index (χ0v) is 19.7. The first-order valence-corrected chi connectivity index (χ1v) is 11.6. The minimum Gasteiger partial charge on any atom is -0.391 e. The summed E-state index contributed by atoms with van der Waals surface area (Å²) in [6.45, 7) is 9.81. The van der Waals surface area contributed by atoms with E-state index in [1.54, 1.807) is 11.3 Å². The number of carbonyl (C=O) groups excluding carboxylic acids is 2. The number of β-amino-alcohol motifs (C(OH)–C–C–N with tert-alkyl or cyclic N) is 1. The number of nitrogens with two attached hydrogens (primary N) is 1. The van der Waals surface area contributed by atoms with Crippen LogP contribution >= 0.6 is 11.3 Å². The molecule has 1 aliphatic rings. The van der Waals surface area contributed by atoms with Gasteiger partial charge in [-0.3, -0.25) is 9.59 Å².